The second-order valence-corrected chi connectivity index (χ2v) is 16.2. The molecule has 3 heterocycles. The maximum atomic E-state index is 5.27. The topological polar surface area (TPSA) is 35.6 Å². The summed E-state index contributed by atoms with van der Waals surface area (Å²) < 4.78 is 4.60. The van der Waals surface area contributed by atoms with Crippen molar-refractivity contribution in [3.63, 3.8) is 0 Å². The fourth-order valence-corrected chi connectivity index (χ4v) is 9.42. The number of rotatable bonds is 8. The summed E-state index contributed by atoms with van der Waals surface area (Å²) >= 11 is 0. The van der Waals surface area contributed by atoms with Crippen LogP contribution in [0.25, 0.3) is 95.6 Å². The van der Waals surface area contributed by atoms with Gasteiger partial charge in [0.05, 0.1) is 27.6 Å². The highest BCUT2D eigenvalue weighted by Gasteiger charge is 2.35. The van der Waals surface area contributed by atoms with E-state index in [2.05, 4.69) is 214 Å². The van der Waals surface area contributed by atoms with Crippen molar-refractivity contribution < 1.29 is 0 Å². The zero-order chi connectivity index (χ0) is 41.8. The number of allylic oxidation sites excluding steroid dienone is 6. The molecule has 3 aromatic heterocycles. The lowest BCUT2D eigenvalue weighted by atomic mass is 9.80. The molecule has 0 fully saturated rings. The van der Waals surface area contributed by atoms with Gasteiger partial charge in [-0.3, -0.25) is 0 Å². The van der Waals surface area contributed by atoms with Crippen molar-refractivity contribution in [2.75, 3.05) is 0 Å². The van der Waals surface area contributed by atoms with Gasteiger partial charge >= 0.3 is 0 Å². The first-order valence-electron chi connectivity index (χ1n) is 21.0. The Morgan fingerprint density at radius 3 is 2.10 bits per heavy atom. The maximum absolute atomic E-state index is 5.27. The van der Waals surface area contributed by atoms with E-state index in [4.69, 9.17) is 9.97 Å². The first-order valence-corrected chi connectivity index (χ1v) is 21.0. The fourth-order valence-electron chi connectivity index (χ4n) is 9.42. The lowest BCUT2D eigenvalue weighted by Crippen LogP contribution is -2.27. The monoisotopic (exact) mass is 786 g/mol. The minimum absolute atomic E-state index is 0.114. The molecular formula is C57H46N4. The fraction of sp³-hybridized carbons (Fsp3) is 0.0877. The average Bonchev–Trinajstić information content (AvgIpc) is 3.92. The molecule has 294 valence electrons. The molecule has 0 unspecified atom stereocenters. The molecule has 10 rings (SSSR count). The number of benzene rings is 6. The molecule has 0 bridgehead atoms. The summed E-state index contributed by atoms with van der Waals surface area (Å²) in [6.45, 7) is 17.0. The quantitative estimate of drug-likeness (QED) is 0.154. The summed E-state index contributed by atoms with van der Waals surface area (Å²) in [7, 11) is 0. The summed E-state index contributed by atoms with van der Waals surface area (Å²) in [6, 6.07) is 49.9. The van der Waals surface area contributed by atoms with Gasteiger partial charge in [0.1, 0.15) is 0 Å². The molecule has 4 heteroatoms. The normalized spacial score (nSPS) is 14.2. The van der Waals surface area contributed by atoms with Crippen LogP contribution in [0, 0.1) is 0 Å². The van der Waals surface area contributed by atoms with Crippen molar-refractivity contribution in [2.24, 2.45) is 0 Å². The molecule has 0 spiro atoms. The van der Waals surface area contributed by atoms with Crippen molar-refractivity contribution in [1.29, 1.82) is 0 Å². The number of para-hydroxylation sites is 2. The summed E-state index contributed by atoms with van der Waals surface area (Å²) in [6.07, 6.45) is 14.7. The number of aromatic nitrogens is 4. The highest BCUT2D eigenvalue weighted by molar-refractivity contribution is 5.99. The Hall–Kier alpha value is -7.56. The van der Waals surface area contributed by atoms with Crippen molar-refractivity contribution in [1.82, 2.24) is 19.1 Å². The molecule has 0 amide bonds. The van der Waals surface area contributed by atoms with E-state index in [1.54, 1.807) is 0 Å². The third-order valence-corrected chi connectivity index (χ3v) is 12.4. The Kier molecular flexibility index (Phi) is 9.22. The first-order chi connectivity index (χ1) is 29.8. The lowest BCUT2D eigenvalue weighted by molar-refractivity contribution is 0.654. The van der Waals surface area contributed by atoms with Gasteiger partial charge in [0, 0.05) is 55.5 Å². The van der Waals surface area contributed by atoms with Gasteiger partial charge in [0.2, 0.25) is 0 Å². The van der Waals surface area contributed by atoms with Gasteiger partial charge in [-0.05, 0) is 120 Å². The molecule has 0 saturated carbocycles. The largest absolute Gasteiger partial charge is 0.316 e. The van der Waals surface area contributed by atoms with Crippen LogP contribution < -0.4 is 10.6 Å². The number of fused-ring (bicyclic) bond motifs is 4. The highest BCUT2D eigenvalue weighted by atomic mass is 15.0. The molecular weight excluding hydrogens is 741 g/mol. The van der Waals surface area contributed by atoms with E-state index in [0.717, 1.165) is 55.5 Å². The predicted molar refractivity (Wildman–Crippen MR) is 259 cm³/mol. The van der Waals surface area contributed by atoms with Crippen LogP contribution in [0.2, 0.25) is 0 Å². The zero-order valence-corrected chi connectivity index (χ0v) is 35.0. The van der Waals surface area contributed by atoms with Crippen molar-refractivity contribution in [3.8, 4) is 45.1 Å². The van der Waals surface area contributed by atoms with Crippen molar-refractivity contribution >= 4 is 50.4 Å². The summed E-state index contributed by atoms with van der Waals surface area (Å²) in [5.41, 5.74) is 15.6. The van der Waals surface area contributed by atoms with E-state index < -0.39 is 0 Å². The Morgan fingerprint density at radius 2 is 1.36 bits per heavy atom. The van der Waals surface area contributed by atoms with E-state index in [1.807, 2.05) is 18.2 Å². The summed E-state index contributed by atoms with van der Waals surface area (Å²) in [4.78, 5) is 10.4. The SMILES string of the molecule is C=C/C=c1\c(=C/C)c2cc3ccn(-c4ccccc4)c3cc2n1-c1ccc(-c2nc(-c3ccc(-c4ccc5c(c4)C(C)(C)C(/C=C\C)=C5C=C)cc3)c3ccccc3n2)cc1. The van der Waals surface area contributed by atoms with E-state index >= 15 is 0 Å². The van der Waals surface area contributed by atoms with Crippen LogP contribution in [0.5, 0.6) is 0 Å². The Bertz CT molecular complexity index is 3410. The van der Waals surface area contributed by atoms with Crippen LogP contribution in [0.4, 0.5) is 0 Å². The number of hydrogen-bond donors (Lipinski definition) is 0. The van der Waals surface area contributed by atoms with Crippen LogP contribution in [0.3, 0.4) is 0 Å². The van der Waals surface area contributed by atoms with Gasteiger partial charge in [-0.2, -0.15) is 0 Å². The van der Waals surface area contributed by atoms with Gasteiger partial charge in [0.25, 0.3) is 0 Å². The van der Waals surface area contributed by atoms with Crippen LogP contribution in [-0.4, -0.2) is 19.1 Å². The summed E-state index contributed by atoms with van der Waals surface area (Å²) in [5.74, 6) is 0.688. The third kappa shape index (κ3) is 6.14. The second-order valence-electron chi connectivity index (χ2n) is 16.2. The van der Waals surface area contributed by atoms with E-state index in [1.165, 1.54) is 49.4 Å². The third-order valence-electron chi connectivity index (χ3n) is 12.4. The van der Waals surface area contributed by atoms with Crippen LogP contribution in [0.1, 0.15) is 38.8 Å². The van der Waals surface area contributed by atoms with Gasteiger partial charge in [-0.1, -0.05) is 130 Å². The number of hydrogen-bond acceptors (Lipinski definition) is 2. The Balaban J connectivity index is 1.03. The average molecular weight is 787 g/mol. The minimum Gasteiger partial charge on any atom is -0.316 e. The number of nitrogens with zero attached hydrogens (tertiary/aromatic N) is 4. The molecule has 0 N–H and O–H groups in total. The van der Waals surface area contributed by atoms with E-state index in [-0.39, 0.29) is 5.41 Å². The smallest absolute Gasteiger partial charge is 0.160 e. The van der Waals surface area contributed by atoms with Gasteiger partial charge in [-0.25, -0.2) is 9.97 Å². The highest BCUT2D eigenvalue weighted by Crippen LogP contribution is 2.48. The van der Waals surface area contributed by atoms with Gasteiger partial charge in [-0.15, -0.1) is 0 Å². The van der Waals surface area contributed by atoms with Crippen LogP contribution >= 0.6 is 0 Å². The molecule has 0 saturated heterocycles. The molecule has 0 radical (unpaired) electrons. The van der Waals surface area contributed by atoms with Crippen LogP contribution in [-0.2, 0) is 5.41 Å². The molecule has 61 heavy (non-hydrogen) atoms. The molecule has 1 aliphatic rings. The standard InChI is InChI=1S/C57H46N4/c1-7-16-49-44(9-3)46-31-28-40(35-50(46)57(49,5)6)37-22-24-38(25-23-37)55-47-20-14-15-21-51(47)58-56(59-55)39-26-29-43(30-27-39)61-52(17-8-2)45(10-4)48-34-41-32-33-60(53(41)36-54(48)61)42-18-12-11-13-19-42/h7-36H,2-3H2,1,4-6H3/b16-7-,45-10-,52-17+. The predicted octanol–water partition coefficient (Wildman–Crippen LogP) is 13.1. The minimum atomic E-state index is -0.114. The van der Waals surface area contributed by atoms with Gasteiger partial charge < -0.3 is 9.13 Å². The molecule has 1 aliphatic carbocycles. The van der Waals surface area contributed by atoms with E-state index in [0.29, 0.717) is 5.82 Å². The summed E-state index contributed by atoms with van der Waals surface area (Å²) in [5, 5.41) is 5.69. The molecule has 0 atom stereocenters. The first kappa shape index (κ1) is 37.7. The second kappa shape index (κ2) is 14.9. The molecule has 6 aromatic carbocycles. The van der Waals surface area contributed by atoms with Crippen LogP contribution in [0.15, 0.2) is 189 Å². The zero-order valence-electron chi connectivity index (χ0n) is 35.0. The Labute approximate surface area is 356 Å². The van der Waals surface area contributed by atoms with Crippen molar-refractivity contribution in [2.45, 2.75) is 33.1 Å². The molecule has 9 aromatic rings. The van der Waals surface area contributed by atoms with Crippen molar-refractivity contribution in [3.05, 3.63) is 210 Å². The Morgan fingerprint density at radius 1 is 0.639 bits per heavy atom. The van der Waals surface area contributed by atoms with E-state index in [9.17, 15) is 0 Å². The molecule has 0 aliphatic heterocycles. The van der Waals surface area contributed by atoms with Gasteiger partial charge in [0.15, 0.2) is 5.82 Å². The lowest BCUT2D eigenvalue weighted by Gasteiger charge is -2.23. The molecule has 4 nitrogen and oxygen atoms in total. The maximum Gasteiger partial charge on any atom is 0.160 e.